The highest BCUT2D eigenvalue weighted by Gasteiger charge is 2.23. The molecule has 0 aliphatic carbocycles. The van der Waals surface area contributed by atoms with Crippen LogP contribution in [-0.4, -0.2) is 27.2 Å². The second-order valence-electron chi connectivity index (χ2n) is 5.66. The number of aromatic nitrogens is 3. The van der Waals surface area contributed by atoms with Gasteiger partial charge in [-0.15, -0.1) is 0 Å². The van der Waals surface area contributed by atoms with E-state index >= 15 is 0 Å². The third-order valence-corrected chi connectivity index (χ3v) is 4.07. The van der Waals surface area contributed by atoms with Crippen molar-refractivity contribution in [1.82, 2.24) is 20.1 Å². The Kier molecular flexibility index (Phi) is 4.77. The highest BCUT2D eigenvalue weighted by molar-refractivity contribution is 9.10. The van der Waals surface area contributed by atoms with Crippen molar-refractivity contribution in [2.24, 2.45) is 0 Å². The maximum absolute atomic E-state index is 12.2. The van der Waals surface area contributed by atoms with Crippen LogP contribution in [0, 0.1) is 0 Å². The standard InChI is InChI=1S/C15H19BrN4O/c1-11(20-10-17-9-19-20)14(21)18-8-15(2,3)12-4-6-13(16)7-5-12/h4-7,9-11H,8H2,1-3H3,(H,18,21)/t11-/m0/s1. The molecule has 1 N–H and O–H groups in total. The molecule has 21 heavy (non-hydrogen) atoms. The zero-order valence-electron chi connectivity index (χ0n) is 12.4. The van der Waals surface area contributed by atoms with E-state index in [0.717, 1.165) is 4.47 Å². The van der Waals surface area contributed by atoms with Crippen LogP contribution in [0.15, 0.2) is 41.4 Å². The fourth-order valence-electron chi connectivity index (χ4n) is 2.00. The number of nitrogens with one attached hydrogen (secondary N) is 1. The molecule has 112 valence electrons. The molecule has 1 heterocycles. The first-order chi connectivity index (χ1) is 9.90. The molecule has 0 aliphatic heterocycles. The minimum Gasteiger partial charge on any atom is -0.353 e. The Morgan fingerprint density at radius 2 is 2.05 bits per heavy atom. The number of halogens is 1. The maximum atomic E-state index is 12.2. The molecule has 0 saturated carbocycles. The van der Waals surface area contributed by atoms with Gasteiger partial charge in [0.2, 0.25) is 5.91 Å². The van der Waals surface area contributed by atoms with Crippen LogP contribution >= 0.6 is 15.9 Å². The third-order valence-electron chi connectivity index (χ3n) is 3.54. The van der Waals surface area contributed by atoms with Crippen LogP contribution in [0.4, 0.5) is 0 Å². The van der Waals surface area contributed by atoms with Crippen molar-refractivity contribution in [1.29, 1.82) is 0 Å². The largest absolute Gasteiger partial charge is 0.353 e. The van der Waals surface area contributed by atoms with Gasteiger partial charge in [0.05, 0.1) is 0 Å². The summed E-state index contributed by atoms with van der Waals surface area (Å²) >= 11 is 3.43. The van der Waals surface area contributed by atoms with Crippen molar-refractivity contribution >= 4 is 21.8 Å². The number of carbonyl (C=O) groups excluding carboxylic acids is 1. The number of hydrogen-bond acceptors (Lipinski definition) is 3. The average molecular weight is 351 g/mol. The molecule has 0 aliphatic rings. The Hall–Kier alpha value is -1.69. The molecule has 0 radical (unpaired) electrons. The minimum absolute atomic E-state index is 0.0642. The van der Waals surface area contributed by atoms with Gasteiger partial charge in [0.15, 0.2) is 0 Å². The van der Waals surface area contributed by atoms with Crippen LogP contribution in [-0.2, 0) is 10.2 Å². The van der Waals surface area contributed by atoms with E-state index in [-0.39, 0.29) is 17.4 Å². The Morgan fingerprint density at radius 1 is 1.38 bits per heavy atom. The number of hydrogen-bond donors (Lipinski definition) is 1. The molecule has 2 aromatic rings. The van der Waals surface area contributed by atoms with Gasteiger partial charge in [0.25, 0.3) is 0 Å². The summed E-state index contributed by atoms with van der Waals surface area (Å²) in [7, 11) is 0. The van der Waals surface area contributed by atoms with Crippen molar-refractivity contribution in [3.8, 4) is 0 Å². The van der Waals surface area contributed by atoms with E-state index < -0.39 is 0 Å². The van der Waals surface area contributed by atoms with Crippen LogP contribution in [0.25, 0.3) is 0 Å². The Bertz CT molecular complexity index is 593. The van der Waals surface area contributed by atoms with Gasteiger partial charge in [-0.05, 0) is 24.6 Å². The number of carbonyl (C=O) groups is 1. The Labute approximate surface area is 132 Å². The lowest BCUT2D eigenvalue weighted by molar-refractivity contribution is -0.124. The van der Waals surface area contributed by atoms with Crippen molar-refractivity contribution in [3.63, 3.8) is 0 Å². The van der Waals surface area contributed by atoms with E-state index in [1.54, 1.807) is 17.9 Å². The molecule has 1 aromatic heterocycles. The lowest BCUT2D eigenvalue weighted by Gasteiger charge is -2.26. The molecule has 6 heteroatoms. The molecule has 0 unspecified atom stereocenters. The Morgan fingerprint density at radius 3 is 2.62 bits per heavy atom. The molecule has 0 saturated heterocycles. The molecule has 1 amide bonds. The minimum atomic E-state index is -0.367. The first kappa shape index (κ1) is 15.7. The third kappa shape index (κ3) is 3.91. The van der Waals surface area contributed by atoms with Gasteiger partial charge in [-0.3, -0.25) is 4.79 Å². The van der Waals surface area contributed by atoms with Crippen LogP contribution in [0.1, 0.15) is 32.4 Å². The van der Waals surface area contributed by atoms with Gasteiger partial charge in [-0.1, -0.05) is 41.9 Å². The van der Waals surface area contributed by atoms with Gasteiger partial charge in [-0.2, -0.15) is 5.10 Å². The zero-order valence-corrected chi connectivity index (χ0v) is 14.0. The van der Waals surface area contributed by atoms with Gasteiger partial charge in [-0.25, -0.2) is 9.67 Å². The molecule has 5 nitrogen and oxygen atoms in total. The molecular weight excluding hydrogens is 332 g/mol. The van der Waals surface area contributed by atoms with E-state index in [9.17, 15) is 4.79 Å². The van der Waals surface area contributed by atoms with E-state index in [2.05, 4.69) is 57.3 Å². The molecule has 2 rings (SSSR count). The highest BCUT2D eigenvalue weighted by Crippen LogP contribution is 2.24. The predicted molar refractivity (Wildman–Crippen MR) is 84.9 cm³/mol. The second kappa shape index (κ2) is 6.39. The fraction of sp³-hybridized carbons (Fsp3) is 0.400. The summed E-state index contributed by atoms with van der Waals surface area (Å²) in [5.74, 6) is -0.0642. The van der Waals surface area contributed by atoms with Crippen molar-refractivity contribution in [2.75, 3.05) is 6.54 Å². The van der Waals surface area contributed by atoms with Gasteiger partial charge in [0, 0.05) is 16.4 Å². The average Bonchev–Trinajstić information content (AvgIpc) is 2.98. The summed E-state index contributed by atoms with van der Waals surface area (Å²) < 4.78 is 2.59. The van der Waals surface area contributed by atoms with Crippen LogP contribution in [0.5, 0.6) is 0 Å². The quantitative estimate of drug-likeness (QED) is 0.901. The smallest absolute Gasteiger partial charge is 0.244 e. The lowest BCUT2D eigenvalue weighted by Crippen LogP contribution is -2.39. The van der Waals surface area contributed by atoms with E-state index in [4.69, 9.17) is 0 Å². The van der Waals surface area contributed by atoms with E-state index in [1.165, 1.54) is 11.9 Å². The topological polar surface area (TPSA) is 59.8 Å². The maximum Gasteiger partial charge on any atom is 0.244 e. The van der Waals surface area contributed by atoms with Gasteiger partial charge < -0.3 is 5.32 Å². The number of benzene rings is 1. The highest BCUT2D eigenvalue weighted by atomic mass is 79.9. The SMILES string of the molecule is C[C@@H](C(=O)NCC(C)(C)c1ccc(Br)cc1)n1cncn1. The number of rotatable bonds is 5. The summed E-state index contributed by atoms with van der Waals surface area (Å²) in [4.78, 5) is 16.0. The van der Waals surface area contributed by atoms with E-state index in [1.807, 2.05) is 12.1 Å². The predicted octanol–water partition coefficient (Wildman–Crippen LogP) is 2.70. The van der Waals surface area contributed by atoms with Crippen LogP contribution in [0.3, 0.4) is 0 Å². The van der Waals surface area contributed by atoms with Gasteiger partial charge in [0.1, 0.15) is 18.7 Å². The molecule has 1 aromatic carbocycles. The summed E-state index contributed by atoms with van der Waals surface area (Å²) in [6, 6.07) is 7.79. The lowest BCUT2D eigenvalue weighted by atomic mass is 9.84. The van der Waals surface area contributed by atoms with Crippen molar-refractivity contribution < 1.29 is 4.79 Å². The fourth-order valence-corrected chi connectivity index (χ4v) is 2.26. The normalized spacial score (nSPS) is 13.0. The van der Waals surface area contributed by atoms with Crippen molar-refractivity contribution in [3.05, 3.63) is 47.0 Å². The first-order valence-electron chi connectivity index (χ1n) is 6.78. The first-order valence-corrected chi connectivity index (χ1v) is 7.57. The number of amides is 1. The molecule has 0 fully saturated rings. The summed E-state index contributed by atoms with van der Waals surface area (Å²) in [6.45, 7) is 6.58. The zero-order chi connectivity index (χ0) is 15.5. The second-order valence-corrected chi connectivity index (χ2v) is 6.58. The number of nitrogens with zero attached hydrogens (tertiary/aromatic N) is 3. The molecule has 1 atom stereocenters. The van der Waals surface area contributed by atoms with Gasteiger partial charge >= 0.3 is 0 Å². The molecular formula is C15H19BrN4O. The van der Waals surface area contributed by atoms with E-state index in [0.29, 0.717) is 6.54 Å². The summed E-state index contributed by atoms with van der Waals surface area (Å²) in [5, 5.41) is 6.97. The monoisotopic (exact) mass is 350 g/mol. The molecule has 0 spiro atoms. The molecule has 0 bridgehead atoms. The van der Waals surface area contributed by atoms with Crippen molar-refractivity contribution in [2.45, 2.75) is 32.2 Å². The Balaban J connectivity index is 1.98. The summed E-state index contributed by atoms with van der Waals surface area (Å²) in [5.41, 5.74) is 1.04. The summed E-state index contributed by atoms with van der Waals surface area (Å²) in [6.07, 6.45) is 2.97. The van der Waals surface area contributed by atoms with Crippen LogP contribution in [0.2, 0.25) is 0 Å². The van der Waals surface area contributed by atoms with Crippen LogP contribution < -0.4 is 5.32 Å².